The first kappa shape index (κ1) is 15.1. The minimum Gasteiger partial charge on any atom is -0.488 e. The number of benzene rings is 1. The molecule has 0 aliphatic carbocycles. The van der Waals surface area contributed by atoms with Crippen LogP contribution in [-0.2, 0) is 6.42 Å². The number of anilines is 1. The number of fused-ring (bicyclic) bond motifs is 1. The van der Waals surface area contributed by atoms with Crippen molar-refractivity contribution in [1.29, 1.82) is 0 Å². The molecule has 6 nitrogen and oxygen atoms in total. The van der Waals surface area contributed by atoms with E-state index in [1.54, 1.807) is 6.20 Å². The van der Waals surface area contributed by atoms with Gasteiger partial charge in [0.2, 0.25) is 0 Å². The van der Waals surface area contributed by atoms with Crippen molar-refractivity contribution in [3.05, 3.63) is 54.2 Å². The Kier molecular flexibility index (Phi) is 4.93. The molecule has 1 aliphatic heterocycles. The third-order valence-corrected chi connectivity index (χ3v) is 3.59. The number of hydrogen-bond acceptors (Lipinski definition) is 4. The molecule has 0 bridgehead atoms. The minimum absolute atomic E-state index is 0.00444. The number of ether oxygens (including phenoxy) is 1. The number of nitrogens with one attached hydrogen (secondary N) is 3. The maximum absolute atomic E-state index is 11.8. The summed E-state index contributed by atoms with van der Waals surface area (Å²) < 4.78 is 5.78. The Bertz CT molecular complexity index is 623. The smallest absolute Gasteiger partial charge is 0.314 e. The molecule has 2 heterocycles. The van der Waals surface area contributed by atoms with Crippen LogP contribution in [0.3, 0.4) is 0 Å². The van der Waals surface area contributed by atoms with Crippen molar-refractivity contribution < 1.29 is 9.53 Å². The summed E-state index contributed by atoms with van der Waals surface area (Å²) in [5, 5.41) is 8.77. The van der Waals surface area contributed by atoms with Gasteiger partial charge in [-0.15, -0.1) is 0 Å². The molecule has 0 fully saturated rings. The quantitative estimate of drug-likeness (QED) is 0.711. The Morgan fingerprint density at radius 3 is 2.83 bits per heavy atom. The number of amides is 2. The first-order valence-electron chi connectivity index (χ1n) is 7.72. The van der Waals surface area contributed by atoms with E-state index >= 15 is 0 Å². The lowest BCUT2D eigenvalue weighted by atomic mass is 10.1. The molecule has 2 amide bonds. The zero-order chi connectivity index (χ0) is 15.9. The molecular formula is C17H20N4O2. The van der Waals surface area contributed by atoms with Gasteiger partial charge in [0, 0.05) is 25.7 Å². The van der Waals surface area contributed by atoms with E-state index in [1.165, 1.54) is 5.56 Å². The van der Waals surface area contributed by atoms with Gasteiger partial charge in [-0.1, -0.05) is 24.3 Å². The highest BCUT2D eigenvalue weighted by molar-refractivity contribution is 5.73. The van der Waals surface area contributed by atoms with Crippen LogP contribution in [0.2, 0.25) is 0 Å². The molecule has 1 unspecified atom stereocenters. The molecule has 6 heteroatoms. The molecule has 1 atom stereocenters. The van der Waals surface area contributed by atoms with Crippen LogP contribution in [0.1, 0.15) is 5.56 Å². The van der Waals surface area contributed by atoms with E-state index in [1.807, 2.05) is 36.4 Å². The van der Waals surface area contributed by atoms with Crippen LogP contribution < -0.4 is 20.7 Å². The Balaban J connectivity index is 1.30. The minimum atomic E-state index is -0.188. The molecule has 3 rings (SSSR count). The fourth-order valence-corrected chi connectivity index (χ4v) is 2.47. The zero-order valence-corrected chi connectivity index (χ0v) is 12.8. The van der Waals surface area contributed by atoms with E-state index < -0.39 is 0 Å². The summed E-state index contributed by atoms with van der Waals surface area (Å²) in [6, 6.07) is 13.4. The third-order valence-electron chi connectivity index (χ3n) is 3.59. The van der Waals surface area contributed by atoms with Crippen LogP contribution in [0.4, 0.5) is 10.6 Å². The van der Waals surface area contributed by atoms with Crippen molar-refractivity contribution in [2.45, 2.75) is 12.5 Å². The van der Waals surface area contributed by atoms with Gasteiger partial charge in [0.25, 0.3) is 0 Å². The van der Waals surface area contributed by atoms with Gasteiger partial charge in [-0.25, -0.2) is 9.78 Å². The first-order chi connectivity index (χ1) is 11.3. The van der Waals surface area contributed by atoms with Gasteiger partial charge in [-0.2, -0.15) is 0 Å². The average Bonchev–Trinajstić information content (AvgIpc) is 3.01. The number of urea groups is 1. The van der Waals surface area contributed by atoms with Crippen molar-refractivity contribution in [2.24, 2.45) is 0 Å². The van der Waals surface area contributed by atoms with Gasteiger partial charge in [-0.3, -0.25) is 0 Å². The normalized spacial score (nSPS) is 15.4. The van der Waals surface area contributed by atoms with Gasteiger partial charge < -0.3 is 20.7 Å². The summed E-state index contributed by atoms with van der Waals surface area (Å²) in [5.74, 6) is 1.71. The standard InChI is InChI=1S/C17H20N4O2/c22-17(20-10-9-19-16-7-3-4-8-18-16)21-12-14-11-13-5-1-2-6-15(13)23-14/h1-8,14H,9-12H2,(H,18,19)(H2,20,21,22). The van der Waals surface area contributed by atoms with E-state index in [4.69, 9.17) is 4.74 Å². The summed E-state index contributed by atoms with van der Waals surface area (Å²) >= 11 is 0. The highest BCUT2D eigenvalue weighted by Crippen LogP contribution is 2.27. The second kappa shape index (κ2) is 7.49. The highest BCUT2D eigenvalue weighted by Gasteiger charge is 2.22. The molecule has 1 aromatic heterocycles. The molecule has 0 saturated carbocycles. The van der Waals surface area contributed by atoms with Crippen molar-refractivity contribution >= 4 is 11.8 Å². The van der Waals surface area contributed by atoms with Crippen LogP contribution in [0.25, 0.3) is 0 Å². The highest BCUT2D eigenvalue weighted by atomic mass is 16.5. The fraction of sp³-hybridized carbons (Fsp3) is 0.294. The van der Waals surface area contributed by atoms with Crippen molar-refractivity contribution in [1.82, 2.24) is 15.6 Å². The van der Waals surface area contributed by atoms with Gasteiger partial charge in [0.05, 0.1) is 6.54 Å². The summed E-state index contributed by atoms with van der Waals surface area (Å²) in [6.07, 6.45) is 2.56. The van der Waals surface area contributed by atoms with Crippen molar-refractivity contribution in [3.63, 3.8) is 0 Å². The number of aromatic nitrogens is 1. The number of carbonyl (C=O) groups excluding carboxylic acids is 1. The maximum Gasteiger partial charge on any atom is 0.314 e. The molecule has 1 aromatic carbocycles. The molecule has 0 saturated heterocycles. The van der Waals surface area contributed by atoms with E-state index in [9.17, 15) is 4.79 Å². The molecule has 3 N–H and O–H groups in total. The summed E-state index contributed by atoms with van der Waals surface area (Å²) in [5.41, 5.74) is 1.19. The second-order valence-corrected chi connectivity index (χ2v) is 5.33. The van der Waals surface area contributed by atoms with Crippen LogP contribution in [0, 0.1) is 0 Å². The fourth-order valence-electron chi connectivity index (χ4n) is 2.47. The van der Waals surface area contributed by atoms with E-state index in [0.29, 0.717) is 19.6 Å². The van der Waals surface area contributed by atoms with Crippen LogP contribution >= 0.6 is 0 Å². The molecule has 0 radical (unpaired) electrons. The predicted octanol–water partition coefficient (Wildman–Crippen LogP) is 1.80. The Morgan fingerprint density at radius 1 is 1.13 bits per heavy atom. The molecule has 23 heavy (non-hydrogen) atoms. The van der Waals surface area contributed by atoms with E-state index in [0.717, 1.165) is 18.0 Å². The largest absolute Gasteiger partial charge is 0.488 e. The Hall–Kier alpha value is -2.76. The lowest BCUT2D eigenvalue weighted by Crippen LogP contribution is -2.42. The Labute approximate surface area is 135 Å². The third kappa shape index (κ3) is 4.35. The second-order valence-electron chi connectivity index (χ2n) is 5.33. The number of carbonyl (C=O) groups is 1. The number of nitrogens with zero attached hydrogens (tertiary/aromatic N) is 1. The van der Waals surface area contributed by atoms with Gasteiger partial charge >= 0.3 is 6.03 Å². The number of para-hydroxylation sites is 1. The van der Waals surface area contributed by atoms with Gasteiger partial charge in [0.1, 0.15) is 17.7 Å². The van der Waals surface area contributed by atoms with Crippen molar-refractivity contribution in [3.8, 4) is 5.75 Å². The average molecular weight is 312 g/mol. The van der Waals surface area contributed by atoms with Crippen molar-refractivity contribution in [2.75, 3.05) is 25.0 Å². The van der Waals surface area contributed by atoms with Gasteiger partial charge in [-0.05, 0) is 23.8 Å². The van der Waals surface area contributed by atoms with Crippen LogP contribution in [-0.4, -0.2) is 36.8 Å². The summed E-state index contributed by atoms with van der Waals surface area (Å²) in [4.78, 5) is 15.9. The molecule has 0 spiro atoms. The molecular weight excluding hydrogens is 292 g/mol. The molecule has 1 aliphatic rings. The first-order valence-corrected chi connectivity index (χ1v) is 7.72. The monoisotopic (exact) mass is 312 g/mol. The SMILES string of the molecule is O=C(NCCNc1ccccn1)NCC1Cc2ccccc2O1. The number of pyridine rings is 1. The summed E-state index contributed by atoms with van der Waals surface area (Å²) in [7, 11) is 0. The van der Waals surface area contributed by atoms with E-state index in [-0.39, 0.29) is 12.1 Å². The summed E-state index contributed by atoms with van der Waals surface area (Å²) in [6.45, 7) is 1.64. The maximum atomic E-state index is 11.8. The number of rotatable bonds is 6. The predicted molar refractivity (Wildman–Crippen MR) is 88.7 cm³/mol. The van der Waals surface area contributed by atoms with Crippen LogP contribution in [0.15, 0.2) is 48.7 Å². The number of hydrogen-bond donors (Lipinski definition) is 3. The van der Waals surface area contributed by atoms with Crippen LogP contribution in [0.5, 0.6) is 5.75 Å². The lowest BCUT2D eigenvalue weighted by molar-refractivity contribution is 0.214. The topological polar surface area (TPSA) is 75.3 Å². The molecule has 120 valence electrons. The van der Waals surface area contributed by atoms with E-state index in [2.05, 4.69) is 27.0 Å². The molecule has 2 aromatic rings. The zero-order valence-electron chi connectivity index (χ0n) is 12.8. The Morgan fingerprint density at radius 2 is 2.00 bits per heavy atom. The van der Waals surface area contributed by atoms with Gasteiger partial charge in [0.15, 0.2) is 0 Å². The lowest BCUT2D eigenvalue weighted by Gasteiger charge is -2.13.